The van der Waals surface area contributed by atoms with Crippen LogP contribution in [0.5, 0.6) is 0 Å². The van der Waals surface area contributed by atoms with Gasteiger partial charge in [-0.25, -0.2) is 0 Å². The van der Waals surface area contributed by atoms with Crippen molar-refractivity contribution in [1.29, 1.82) is 0 Å². The van der Waals surface area contributed by atoms with Gasteiger partial charge in [-0.05, 0) is 37.0 Å². The van der Waals surface area contributed by atoms with E-state index in [2.05, 4.69) is 41.5 Å². The van der Waals surface area contributed by atoms with E-state index >= 15 is 0 Å². The first-order valence-corrected chi connectivity index (χ1v) is 30.7. The van der Waals surface area contributed by atoms with Crippen LogP contribution >= 0.6 is 0 Å². The van der Waals surface area contributed by atoms with E-state index in [0.717, 1.165) is 75.5 Å². The maximum atomic E-state index is 12.9. The Balaban J connectivity index is 4.30. The Hall–Kier alpha value is -1.59. The first-order chi connectivity index (χ1) is 33.2. The molecule has 0 aliphatic carbocycles. The summed E-state index contributed by atoms with van der Waals surface area (Å²) in [5.41, 5.74) is 0. The second-order valence-electron chi connectivity index (χ2n) is 22.3. The Morgan fingerprint density at radius 1 is 0.294 bits per heavy atom. The third kappa shape index (κ3) is 52.2. The standard InChI is InChI=1S/C62H120O6/c1-7-57(5)49-43-37-31-25-19-13-9-11-15-21-27-33-39-45-51-60(63)66-54-59(55-67-61(64)52-46-40-34-28-23-17-18-24-30-36-42-48-56(3)4)68-62(65)53-47-41-35-29-22-16-12-10-14-20-26-32-38-44-50-58(6)8-2/h56-59H,7-55H2,1-6H3/t57?,58?,59-/m0/s1. The zero-order valence-corrected chi connectivity index (χ0v) is 46.9. The molecule has 6 nitrogen and oxygen atoms in total. The molecule has 0 N–H and O–H groups in total. The lowest BCUT2D eigenvalue weighted by Gasteiger charge is -2.18. The van der Waals surface area contributed by atoms with E-state index in [-0.39, 0.29) is 31.1 Å². The van der Waals surface area contributed by atoms with Gasteiger partial charge in [-0.2, -0.15) is 0 Å². The molecule has 0 heterocycles. The fourth-order valence-corrected chi connectivity index (χ4v) is 9.47. The summed E-state index contributed by atoms with van der Waals surface area (Å²) in [5, 5.41) is 0. The molecule has 2 unspecified atom stereocenters. The molecule has 0 saturated carbocycles. The summed E-state index contributed by atoms with van der Waals surface area (Å²) < 4.78 is 16.9. The third-order valence-corrected chi connectivity index (χ3v) is 14.9. The minimum atomic E-state index is -0.764. The Labute approximate surface area is 425 Å². The van der Waals surface area contributed by atoms with Gasteiger partial charge in [0.25, 0.3) is 0 Å². The minimum absolute atomic E-state index is 0.0631. The Bertz CT molecular complexity index is 1060. The van der Waals surface area contributed by atoms with Gasteiger partial charge >= 0.3 is 17.9 Å². The van der Waals surface area contributed by atoms with Crippen LogP contribution in [-0.2, 0) is 28.6 Å². The van der Waals surface area contributed by atoms with Gasteiger partial charge in [-0.1, -0.05) is 305 Å². The highest BCUT2D eigenvalue weighted by molar-refractivity contribution is 5.71. The molecule has 0 aromatic carbocycles. The predicted octanol–water partition coefficient (Wildman–Crippen LogP) is 20.3. The molecule has 0 aromatic rings. The maximum absolute atomic E-state index is 12.9. The van der Waals surface area contributed by atoms with Crippen LogP contribution in [0.1, 0.15) is 343 Å². The third-order valence-electron chi connectivity index (χ3n) is 14.9. The summed E-state index contributed by atoms with van der Waals surface area (Å²) in [6, 6.07) is 0. The number of unbranched alkanes of at least 4 members (excludes halogenated alkanes) is 36. The predicted molar refractivity (Wildman–Crippen MR) is 293 cm³/mol. The molecule has 68 heavy (non-hydrogen) atoms. The topological polar surface area (TPSA) is 78.9 Å². The van der Waals surface area contributed by atoms with Gasteiger partial charge in [-0.3, -0.25) is 14.4 Å². The number of carbonyl (C=O) groups excluding carboxylic acids is 3. The van der Waals surface area contributed by atoms with Crippen LogP contribution < -0.4 is 0 Å². The second kappa shape index (κ2) is 53.2. The average molecular weight is 962 g/mol. The Morgan fingerprint density at radius 2 is 0.515 bits per heavy atom. The molecule has 0 radical (unpaired) electrons. The molecule has 6 heteroatoms. The van der Waals surface area contributed by atoms with Crippen LogP contribution in [0.4, 0.5) is 0 Å². The maximum Gasteiger partial charge on any atom is 0.306 e. The fraction of sp³-hybridized carbons (Fsp3) is 0.952. The van der Waals surface area contributed by atoms with Gasteiger partial charge in [0, 0.05) is 19.3 Å². The number of hydrogen-bond acceptors (Lipinski definition) is 6. The molecular weight excluding hydrogens is 841 g/mol. The highest BCUT2D eigenvalue weighted by Crippen LogP contribution is 2.19. The van der Waals surface area contributed by atoms with Crippen molar-refractivity contribution in [1.82, 2.24) is 0 Å². The quantitative estimate of drug-likeness (QED) is 0.0343. The first-order valence-electron chi connectivity index (χ1n) is 30.7. The number of rotatable bonds is 55. The first kappa shape index (κ1) is 66.4. The summed E-state index contributed by atoms with van der Waals surface area (Å²) in [6.07, 6.45) is 56.5. The zero-order chi connectivity index (χ0) is 49.8. The Morgan fingerprint density at radius 3 is 0.765 bits per heavy atom. The van der Waals surface area contributed by atoms with Gasteiger partial charge in [-0.15, -0.1) is 0 Å². The summed E-state index contributed by atoms with van der Waals surface area (Å²) in [7, 11) is 0. The normalized spacial score (nSPS) is 12.9. The van der Waals surface area contributed by atoms with Gasteiger partial charge in [0.2, 0.25) is 0 Å². The van der Waals surface area contributed by atoms with Crippen molar-refractivity contribution < 1.29 is 28.6 Å². The van der Waals surface area contributed by atoms with Crippen molar-refractivity contribution in [3.8, 4) is 0 Å². The molecule has 0 aliphatic heterocycles. The van der Waals surface area contributed by atoms with Crippen LogP contribution in [0.2, 0.25) is 0 Å². The number of hydrogen-bond donors (Lipinski definition) is 0. The van der Waals surface area contributed by atoms with E-state index in [1.165, 1.54) is 225 Å². The molecule has 0 bridgehead atoms. The van der Waals surface area contributed by atoms with Gasteiger partial charge in [0.15, 0.2) is 6.10 Å². The summed E-state index contributed by atoms with van der Waals surface area (Å²) in [4.78, 5) is 38.2. The lowest BCUT2D eigenvalue weighted by atomic mass is 9.99. The van der Waals surface area contributed by atoms with Gasteiger partial charge < -0.3 is 14.2 Å². The number of carbonyl (C=O) groups is 3. The lowest BCUT2D eigenvalue weighted by Crippen LogP contribution is -2.30. The van der Waals surface area contributed by atoms with Crippen molar-refractivity contribution in [2.24, 2.45) is 17.8 Å². The highest BCUT2D eigenvalue weighted by Gasteiger charge is 2.19. The van der Waals surface area contributed by atoms with E-state index in [1.54, 1.807) is 0 Å². The van der Waals surface area contributed by atoms with Crippen LogP contribution in [-0.4, -0.2) is 37.2 Å². The molecular formula is C62H120O6. The summed E-state index contributed by atoms with van der Waals surface area (Å²) in [5.74, 6) is 1.78. The molecule has 0 rings (SSSR count). The molecule has 0 aromatic heterocycles. The van der Waals surface area contributed by atoms with Crippen LogP contribution in [0.3, 0.4) is 0 Å². The van der Waals surface area contributed by atoms with Crippen LogP contribution in [0, 0.1) is 17.8 Å². The molecule has 0 saturated heterocycles. The van der Waals surface area contributed by atoms with E-state index in [0.29, 0.717) is 19.3 Å². The average Bonchev–Trinajstić information content (AvgIpc) is 3.33. The van der Waals surface area contributed by atoms with Gasteiger partial charge in [0.1, 0.15) is 13.2 Å². The largest absolute Gasteiger partial charge is 0.462 e. The SMILES string of the molecule is CCC(C)CCCCCCCCCCCCCCCCC(=O)OC[C@@H](COC(=O)CCCCCCCCCCCCCC(C)C)OC(=O)CCCCCCCCCCCCCCCCC(C)CC. The molecule has 404 valence electrons. The van der Waals surface area contributed by atoms with Crippen LogP contribution in [0.25, 0.3) is 0 Å². The fourth-order valence-electron chi connectivity index (χ4n) is 9.47. The van der Waals surface area contributed by atoms with Crippen molar-refractivity contribution in [3.05, 3.63) is 0 Å². The van der Waals surface area contributed by atoms with E-state index in [1.807, 2.05) is 0 Å². The van der Waals surface area contributed by atoms with Crippen molar-refractivity contribution in [3.63, 3.8) is 0 Å². The van der Waals surface area contributed by atoms with E-state index < -0.39 is 6.10 Å². The molecule has 0 aliphatic rings. The second-order valence-corrected chi connectivity index (χ2v) is 22.3. The number of esters is 3. The highest BCUT2D eigenvalue weighted by atomic mass is 16.6. The Kier molecular flexibility index (Phi) is 52.0. The molecule has 0 amide bonds. The smallest absolute Gasteiger partial charge is 0.306 e. The van der Waals surface area contributed by atoms with Crippen molar-refractivity contribution in [2.45, 2.75) is 349 Å². The zero-order valence-electron chi connectivity index (χ0n) is 46.9. The number of ether oxygens (including phenoxy) is 3. The molecule has 0 fully saturated rings. The molecule has 0 spiro atoms. The van der Waals surface area contributed by atoms with Gasteiger partial charge in [0.05, 0.1) is 0 Å². The van der Waals surface area contributed by atoms with E-state index in [9.17, 15) is 14.4 Å². The summed E-state index contributed by atoms with van der Waals surface area (Å²) >= 11 is 0. The molecule has 3 atom stereocenters. The van der Waals surface area contributed by atoms with Crippen molar-refractivity contribution in [2.75, 3.05) is 13.2 Å². The minimum Gasteiger partial charge on any atom is -0.462 e. The van der Waals surface area contributed by atoms with Crippen LogP contribution in [0.15, 0.2) is 0 Å². The van der Waals surface area contributed by atoms with Crippen molar-refractivity contribution >= 4 is 17.9 Å². The monoisotopic (exact) mass is 961 g/mol. The lowest BCUT2D eigenvalue weighted by molar-refractivity contribution is -0.167. The van der Waals surface area contributed by atoms with E-state index in [4.69, 9.17) is 14.2 Å². The summed E-state index contributed by atoms with van der Waals surface area (Å²) in [6.45, 7) is 13.9.